The molecule has 0 aliphatic heterocycles. The third kappa shape index (κ3) is 4.85. The molecule has 0 saturated heterocycles. The first-order valence-electron chi connectivity index (χ1n) is 11.1. The average molecular weight is 483 g/mol. The van der Waals surface area contributed by atoms with Crippen LogP contribution in [0, 0.1) is 5.82 Å². The molecular formula is C27H27FO5S. The Balaban J connectivity index is 1.79. The van der Waals surface area contributed by atoms with Gasteiger partial charge in [0.25, 0.3) is 0 Å². The highest BCUT2D eigenvalue weighted by atomic mass is 32.2. The topological polar surface area (TPSA) is 69.7 Å². The molecule has 0 aromatic heterocycles. The molecule has 0 bridgehead atoms. The zero-order chi connectivity index (χ0) is 24.5. The monoisotopic (exact) mass is 482 g/mol. The van der Waals surface area contributed by atoms with Crippen LogP contribution in [0.2, 0.25) is 0 Å². The van der Waals surface area contributed by atoms with E-state index in [1.807, 2.05) is 19.1 Å². The van der Waals surface area contributed by atoms with E-state index in [9.17, 15) is 17.6 Å². The normalized spacial score (nSPS) is 16.2. The van der Waals surface area contributed by atoms with Gasteiger partial charge < -0.3 is 9.47 Å². The summed E-state index contributed by atoms with van der Waals surface area (Å²) in [5, 5.41) is 0. The van der Waals surface area contributed by atoms with Crippen molar-refractivity contribution < 1.29 is 27.1 Å². The van der Waals surface area contributed by atoms with Crippen LogP contribution in [0.1, 0.15) is 35.4 Å². The van der Waals surface area contributed by atoms with Crippen molar-refractivity contribution in [3.63, 3.8) is 0 Å². The minimum atomic E-state index is -3.41. The molecule has 0 saturated carbocycles. The minimum Gasteiger partial charge on any atom is -0.493 e. The first-order chi connectivity index (χ1) is 16.2. The molecule has 3 aromatic carbocycles. The summed E-state index contributed by atoms with van der Waals surface area (Å²) in [5.41, 5.74) is 3.43. The van der Waals surface area contributed by atoms with Crippen LogP contribution in [0.25, 0.3) is 11.1 Å². The number of carbonyl (C=O) groups excluding carboxylic acids is 1. The highest BCUT2D eigenvalue weighted by Gasteiger charge is 2.39. The Hall–Kier alpha value is -3.19. The number of methoxy groups -OCH3 is 1. The van der Waals surface area contributed by atoms with Gasteiger partial charge in [-0.3, -0.25) is 4.79 Å². The Morgan fingerprint density at radius 2 is 1.82 bits per heavy atom. The van der Waals surface area contributed by atoms with Gasteiger partial charge in [0.2, 0.25) is 0 Å². The number of hydrogen-bond donors (Lipinski definition) is 0. The van der Waals surface area contributed by atoms with Gasteiger partial charge in [-0.2, -0.15) is 0 Å². The molecule has 4 rings (SSSR count). The number of halogens is 1. The predicted molar refractivity (Wildman–Crippen MR) is 130 cm³/mol. The van der Waals surface area contributed by atoms with Crippen molar-refractivity contribution in [2.45, 2.75) is 25.2 Å². The SMILES string of the molecule is CCOc1cc([C@@H](CS(C)(=O)=O)C2C(=O)Cc3cc(-c4ccccc4F)ccc32)ccc1OC. The Kier molecular flexibility index (Phi) is 6.75. The second-order valence-electron chi connectivity index (χ2n) is 8.56. The molecule has 3 aromatic rings. The summed E-state index contributed by atoms with van der Waals surface area (Å²) in [4.78, 5) is 13.3. The molecular weight excluding hydrogens is 455 g/mol. The van der Waals surface area contributed by atoms with Gasteiger partial charge in [-0.1, -0.05) is 42.5 Å². The Morgan fingerprint density at radius 1 is 1.06 bits per heavy atom. The fourth-order valence-electron chi connectivity index (χ4n) is 4.74. The Morgan fingerprint density at radius 3 is 2.50 bits per heavy atom. The van der Waals surface area contributed by atoms with Crippen LogP contribution in [0.4, 0.5) is 4.39 Å². The second kappa shape index (κ2) is 9.58. The largest absolute Gasteiger partial charge is 0.493 e. The van der Waals surface area contributed by atoms with Gasteiger partial charge in [0.05, 0.1) is 25.4 Å². The molecule has 0 N–H and O–H groups in total. The maximum absolute atomic E-state index is 14.3. The summed E-state index contributed by atoms with van der Waals surface area (Å²) in [6.07, 6.45) is 1.35. The number of ketones is 1. The Labute approximate surface area is 199 Å². The number of Topliss-reactive ketones (excluding diaryl/α,β-unsaturated/α-hetero) is 1. The molecule has 2 atom stereocenters. The average Bonchev–Trinajstić information content (AvgIpc) is 3.12. The zero-order valence-electron chi connectivity index (χ0n) is 19.4. The van der Waals surface area contributed by atoms with Crippen LogP contribution in [0.15, 0.2) is 60.7 Å². The standard InChI is InChI=1S/C27H27FO5S/c1-4-33-26-15-18(10-12-25(26)32-2)22(16-34(3,30)31)27-21-11-9-17(13-19(21)14-24(27)29)20-7-5-6-8-23(20)28/h5-13,15,22,27H,4,14,16H2,1-3H3/t22-,27?/m1/s1. The van der Waals surface area contributed by atoms with Crippen molar-refractivity contribution in [1.82, 2.24) is 0 Å². The minimum absolute atomic E-state index is 0.0527. The number of rotatable bonds is 8. The van der Waals surface area contributed by atoms with Crippen LogP contribution >= 0.6 is 0 Å². The van der Waals surface area contributed by atoms with Crippen molar-refractivity contribution in [1.29, 1.82) is 0 Å². The summed E-state index contributed by atoms with van der Waals surface area (Å²) in [5.74, 6) is -0.744. The summed E-state index contributed by atoms with van der Waals surface area (Å²) >= 11 is 0. The van der Waals surface area contributed by atoms with Crippen LogP contribution in [0.5, 0.6) is 11.5 Å². The van der Waals surface area contributed by atoms with E-state index >= 15 is 0 Å². The fourth-order valence-corrected chi connectivity index (χ4v) is 5.78. The van der Waals surface area contributed by atoms with Crippen molar-refractivity contribution >= 4 is 15.6 Å². The molecule has 1 aliphatic carbocycles. The molecule has 178 valence electrons. The summed E-state index contributed by atoms with van der Waals surface area (Å²) in [6.45, 7) is 2.27. The van der Waals surface area contributed by atoms with Crippen molar-refractivity contribution in [2.24, 2.45) is 0 Å². The molecule has 0 radical (unpaired) electrons. The van der Waals surface area contributed by atoms with Crippen molar-refractivity contribution in [3.05, 3.63) is 83.2 Å². The number of hydrogen-bond acceptors (Lipinski definition) is 5. The molecule has 0 fully saturated rings. The van der Waals surface area contributed by atoms with Gasteiger partial charge in [-0.15, -0.1) is 0 Å². The van der Waals surface area contributed by atoms with E-state index in [0.29, 0.717) is 34.8 Å². The zero-order valence-corrected chi connectivity index (χ0v) is 20.2. The van der Waals surface area contributed by atoms with Gasteiger partial charge in [0.15, 0.2) is 11.5 Å². The molecule has 5 nitrogen and oxygen atoms in total. The van der Waals surface area contributed by atoms with E-state index in [-0.39, 0.29) is 23.8 Å². The summed E-state index contributed by atoms with van der Waals surface area (Å²) in [7, 11) is -1.87. The lowest BCUT2D eigenvalue weighted by atomic mass is 9.82. The van der Waals surface area contributed by atoms with Gasteiger partial charge in [-0.05, 0) is 47.4 Å². The first-order valence-corrected chi connectivity index (χ1v) is 13.2. The van der Waals surface area contributed by atoms with Crippen LogP contribution < -0.4 is 9.47 Å². The van der Waals surface area contributed by atoms with Gasteiger partial charge in [0, 0.05) is 24.2 Å². The van der Waals surface area contributed by atoms with Gasteiger partial charge >= 0.3 is 0 Å². The summed E-state index contributed by atoms with van der Waals surface area (Å²) < 4.78 is 50.2. The van der Waals surface area contributed by atoms with E-state index in [1.165, 1.54) is 19.4 Å². The van der Waals surface area contributed by atoms with Crippen molar-refractivity contribution in [3.8, 4) is 22.6 Å². The van der Waals surface area contributed by atoms with Crippen LogP contribution in [-0.2, 0) is 21.1 Å². The summed E-state index contributed by atoms with van der Waals surface area (Å²) in [6, 6.07) is 17.2. The molecule has 0 heterocycles. The molecule has 0 amide bonds. The molecule has 34 heavy (non-hydrogen) atoms. The third-order valence-electron chi connectivity index (χ3n) is 6.17. The molecule has 1 aliphatic rings. The molecule has 7 heteroatoms. The lowest BCUT2D eigenvalue weighted by Gasteiger charge is -2.24. The van der Waals surface area contributed by atoms with E-state index in [0.717, 1.165) is 11.1 Å². The lowest BCUT2D eigenvalue weighted by Crippen LogP contribution is -2.23. The van der Waals surface area contributed by atoms with E-state index in [4.69, 9.17) is 9.47 Å². The first kappa shape index (κ1) is 24.0. The molecule has 0 spiro atoms. The quantitative estimate of drug-likeness (QED) is 0.455. The highest BCUT2D eigenvalue weighted by Crippen LogP contribution is 2.44. The number of fused-ring (bicyclic) bond motifs is 1. The highest BCUT2D eigenvalue weighted by molar-refractivity contribution is 7.90. The number of sulfone groups is 1. The Bertz CT molecular complexity index is 1330. The third-order valence-corrected chi connectivity index (χ3v) is 7.14. The fraction of sp³-hybridized carbons (Fsp3) is 0.296. The molecule has 1 unspecified atom stereocenters. The number of benzene rings is 3. The van der Waals surface area contributed by atoms with Gasteiger partial charge in [-0.25, -0.2) is 12.8 Å². The maximum atomic E-state index is 14.3. The predicted octanol–water partition coefficient (Wildman–Crippen LogP) is 4.94. The number of carbonyl (C=O) groups is 1. The van der Waals surface area contributed by atoms with Gasteiger partial charge in [0.1, 0.15) is 21.4 Å². The maximum Gasteiger partial charge on any atom is 0.161 e. The second-order valence-corrected chi connectivity index (χ2v) is 10.7. The lowest BCUT2D eigenvalue weighted by molar-refractivity contribution is -0.119. The number of ether oxygens (including phenoxy) is 2. The van der Waals surface area contributed by atoms with Crippen molar-refractivity contribution in [2.75, 3.05) is 25.7 Å². The van der Waals surface area contributed by atoms with E-state index < -0.39 is 21.7 Å². The van der Waals surface area contributed by atoms with E-state index in [2.05, 4.69) is 0 Å². The smallest absolute Gasteiger partial charge is 0.161 e. The van der Waals surface area contributed by atoms with E-state index in [1.54, 1.807) is 42.5 Å². The van der Waals surface area contributed by atoms with Crippen LogP contribution in [-0.4, -0.2) is 39.9 Å². The van der Waals surface area contributed by atoms with Crippen LogP contribution in [0.3, 0.4) is 0 Å².